The van der Waals surface area contributed by atoms with E-state index < -0.39 is 0 Å². The second-order valence-electron chi connectivity index (χ2n) is 10.2. The Morgan fingerprint density at radius 3 is 1.61 bits per heavy atom. The maximum absolute atomic E-state index is 2.41. The van der Waals surface area contributed by atoms with Crippen LogP contribution >= 0.6 is 0 Å². The van der Waals surface area contributed by atoms with Crippen LogP contribution in [0.15, 0.2) is 60.7 Å². The maximum atomic E-state index is 2.41. The lowest BCUT2D eigenvalue weighted by Gasteiger charge is -2.29. The minimum Gasteiger partial charge on any atom is -0.0914 e. The zero-order valence-corrected chi connectivity index (χ0v) is 19.9. The zero-order chi connectivity index (χ0) is 21.5. The van der Waals surface area contributed by atoms with Crippen molar-refractivity contribution in [2.24, 2.45) is 11.8 Å². The molecule has 31 heavy (non-hydrogen) atoms. The maximum Gasteiger partial charge on any atom is -0.0162 e. The Bertz CT molecular complexity index is 794. The summed E-state index contributed by atoms with van der Waals surface area (Å²) in [6.07, 6.45) is 19.9. The van der Waals surface area contributed by atoms with E-state index in [1.54, 1.807) is 11.1 Å². The van der Waals surface area contributed by atoms with Crippen LogP contribution in [-0.2, 0) is 0 Å². The van der Waals surface area contributed by atoms with Crippen molar-refractivity contribution in [2.75, 3.05) is 0 Å². The first-order valence-electron chi connectivity index (χ1n) is 13.1. The molecule has 2 aromatic carbocycles. The fourth-order valence-electron chi connectivity index (χ4n) is 6.09. The molecule has 2 fully saturated rings. The van der Waals surface area contributed by atoms with Crippen LogP contribution in [0.1, 0.15) is 107 Å². The van der Waals surface area contributed by atoms with Gasteiger partial charge in [0.1, 0.15) is 0 Å². The number of benzene rings is 2. The largest absolute Gasteiger partial charge is 0.0914 e. The van der Waals surface area contributed by atoms with Gasteiger partial charge in [-0.25, -0.2) is 0 Å². The zero-order valence-electron chi connectivity index (χ0n) is 19.9. The summed E-state index contributed by atoms with van der Waals surface area (Å²) < 4.78 is 0. The molecule has 0 nitrogen and oxygen atoms in total. The van der Waals surface area contributed by atoms with Gasteiger partial charge >= 0.3 is 0 Å². The van der Waals surface area contributed by atoms with Crippen LogP contribution < -0.4 is 0 Å². The SMILES string of the molecule is C/C=C/C1CCC(c2ccc(-c3ccc(C4CCC(CCCC)CC4)cc3)cc2)CC1. The molecular weight excluding hydrogens is 372 g/mol. The third kappa shape index (κ3) is 5.91. The second kappa shape index (κ2) is 11.2. The normalized spacial score (nSPS) is 26.9. The van der Waals surface area contributed by atoms with Gasteiger partial charge in [-0.2, -0.15) is 0 Å². The predicted octanol–water partition coefficient (Wildman–Crippen LogP) is 9.67. The Kier molecular flexibility index (Phi) is 8.06. The Hall–Kier alpha value is -1.82. The number of hydrogen-bond donors (Lipinski definition) is 0. The number of rotatable bonds is 7. The summed E-state index contributed by atoms with van der Waals surface area (Å²) in [4.78, 5) is 0. The van der Waals surface area contributed by atoms with E-state index in [0.29, 0.717) is 0 Å². The van der Waals surface area contributed by atoms with Crippen LogP contribution in [-0.4, -0.2) is 0 Å². The van der Waals surface area contributed by atoms with Gasteiger partial charge in [0, 0.05) is 0 Å². The van der Waals surface area contributed by atoms with E-state index in [0.717, 1.165) is 23.7 Å². The van der Waals surface area contributed by atoms with E-state index in [1.807, 2.05) is 0 Å². The average molecular weight is 415 g/mol. The van der Waals surface area contributed by atoms with Crippen molar-refractivity contribution in [2.45, 2.75) is 96.3 Å². The van der Waals surface area contributed by atoms with Crippen LogP contribution in [0.2, 0.25) is 0 Å². The van der Waals surface area contributed by atoms with Gasteiger partial charge in [0.05, 0.1) is 0 Å². The number of allylic oxidation sites excluding steroid dienone is 2. The van der Waals surface area contributed by atoms with Crippen molar-refractivity contribution in [1.82, 2.24) is 0 Å². The van der Waals surface area contributed by atoms with Crippen LogP contribution in [0.4, 0.5) is 0 Å². The highest BCUT2D eigenvalue weighted by molar-refractivity contribution is 5.64. The molecule has 0 aromatic heterocycles. The molecule has 0 spiro atoms. The van der Waals surface area contributed by atoms with Crippen LogP contribution in [0.3, 0.4) is 0 Å². The molecule has 2 aliphatic carbocycles. The molecule has 0 radical (unpaired) electrons. The molecule has 0 unspecified atom stereocenters. The van der Waals surface area contributed by atoms with E-state index in [4.69, 9.17) is 0 Å². The molecule has 4 rings (SSSR count). The van der Waals surface area contributed by atoms with E-state index >= 15 is 0 Å². The van der Waals surface area contributed by atoms with Crippen molar-refractivity contribution in [3.63, 3.8) is 0 Å². The van der Waals surface area contributed by atoms with Crippen LogP contribution in [0.25, 0.3) is 11.1 Å². The first-order valence-corrected chi connectivity index (χ1v) is 13.1. The Balaban J connectivity index is 1.32. The molecule has 0 heteroatoms. The number of unbranched alkanes of at least 4 members (excludes halogenated alkanes) is 1. The van der Waals surface area contributed by atoms with Gasteiger partial charge in [0.15, 0.2) is 0 Å². The first kappa shape index (κ1) is 22.4. The van der Waals surface area contributed by atoms with Crippen LogP contribution in [0.5, 0.6) is 0 Å². The fourth-order valence-corrected chi connectivity index (χ4v) is 6.09. The fraction of sp³-hybridized carbons (Fsp3) is 0.548. The van der Waals surface area contributed by atoms with E-state index in [1.165, 1.54) is 81.8 Å². The lowest BCUT2D eigenvalue weighted by Crippen LogP contribution is -2.13. The van der Waals surface area contributed by atoms with Gasteiger partial charge in [-0.1, -0.05) is 86.9 Å². The lowest BCUT2D eigenvalue weighted by molar-refractivity contribution is 0.304. The summed E-state index contributed by atoms with van der Waals surface area (Å²) >= 11 is 0. The van der Waals surface area contributed by atoms with Crippen molar-refractivity contribution < 1.29 is 0 Å². The topological polar surface area (TPSA) is 0 Å². The Morgan fingerprint density at radius 2 is 1.16 bits per heavy atom. The summed E-state index contributed by atoms with van der Waals surface area (Å²) in [5.41, 5.74) is 5.83. The molecule has 0 aliphatic heterocycles. The molecule has 2 aliphatic rings. The summed E-state index contributed by atoms with van der Waals surface area (Å²) in [6, 6.07) is 19.0. The lowest BCUT2D eigenvalue weighted by atomic mass is 9.77. The molecule has 0 atom stereocenters. The molecular formula is C31H42. The van der Waals surface area contributed by atoms with E-state index in [9.17, 15) is 0 Å². The third-order valence-corrected chi connectivity index (χ3v) is 8.15. The first-order chi connectivity index (χ1) is 15.3. The second-order valence-corrected chi connectivity index (χ2v) is 10.2. The standard InChI is InChI=1S/C31H42/c1-3-5-7-25-10-14-27(15-11-25)29-18-22-31(23-19-29)30-20-16-28(17-21-30)26-12-8-24(6-4-2)9-13-26/h4,6,16-27H,3,5,7-15H2,1-2H3/b6-4+. The van der Waals surface area contributed by atoms with Crippen molar-refractivity contribution in [3.8, 4) is 11.1 Å². The summed E-state index contributed by atoms with van der Waals surface area (Å²) in [5, 5.41) is 0. The molecule has 0 amide bonds. The molecule has 166 valence electrons. The molecule has 2 aromatic rings. The predicted molar refractivity (Wildman–Crippen MR) is 136 cm³/mol. The highest BCUT2D eigenvalue weighted by Gasteiger charge is 2.22. The van der Waals surface area contributed by atoms with Crippen molar-refractivity contribution in [1.29, 1.82) is 0 Å². The summed E-state index contributed by atoms with van der Waals surface area (Å²) in [5.74, 6) is 3.34. The minimum absolute atomic E-state index is 0.755. The van der Waals surface area contributed by atoms with Crippen molar-refractivity contribution >= 4 is 0 Å². The monoisotopic (exact) mass is 414 g/mol. The number of hydrogen-bond acceptors (Lipinski definition) is 0. The van der Waals surface area contributed by atoms with E-state index in [-0.39, 0.29) is 0 Å². The van der Waals surface area contributed by atoms with Gasteiger partial charge in [0.2, 0.25) is 0 Å². The summed E-state index contributed by atoms with van der Waals surface area (Å²) in [6.45, 7) is 4.47. The van der Waals surface area contributed by atoms with Crippen molar-refractivity contribution in [3.05, 3.63) is 71.8 Å². The highest BCUT2D eigenvalue weighted by atomic mass is 14.3. The average Bonchev–Trinajstić information content (AvgIpc) is 2.84. The van der Waals surface area contributed by atoms with Gasteiger partial charge in [-0.15, -0.1) is 0 Å². The third-order valence-electron chi connectivity index (χ3n) is 8.15. The summed E-state index contributed by atoms with van der Waals surface area (Å²) in [7, 11) is 0. The smallest absolute Gasteiger partial charge is 0.0162 e. The molecule has 0 N–H and O–H groups in total. The molecule has 2 saturated carbocycles. The van der Waals surface area contributed by atoms with Gasteiger partial charge in [-0.05, 0) is 104 Å². The minimum atomic E-state index is 0.755. The van der Waals surface area contributed by atoms with Crippen LogP contribution in [0, 0.1) is 11.8 Å². The highest BCUT2D eigenvalue weighted by Crippen LogP contribution is 2.39. The quantitative estimate of drug-likeness (QED) is 0.395. The Morgan fingerprint density at radius 1 is 0.677 bits per heavy atom. The van der Waals surface area contributed by atoms with E-state index in [2.05, 4.69) is 74.5 Å². The van der Waals surface area contributed by atoms with Gasteiger partial charge in [-0.3, -0.25) is 0 Å². The van der Waals surface area contributed by atoms with Gasteiger partial charge < -0.3 is 0 Å². The molecule has 0 saturated heterocycles. The van der Waals surface area contributed by atoms with Gasteiger partial charge in [0.25, 0.3) is 0 Å². The Labute approximate surface area is 191 Å². The molecule has 0 heterocycles. The molecule has 0 bridgehead atoms.